The number of para-hydroxylation sites is 1. The monoisotopic (exact) mass is 480 g/mol. The highest BCUT2D eigenvalue weighted by Gasteiger charge is 2.15. The second-order valence-electron chi connectivity index (χ2n) is 7.79. The molecule has 3 aromatic carbocycles. The number of anilines is 1. The molecule has 0 aliphatic carbocycles. The average Bonchev–Trinajstić information content (AvgIpc) is 3.26. The van der Waals surface area contributed by atoms with Crippen LogP contribution in [-0.4, -0.2) is 35.3 Å². The molecule has 0 spiro atoms. The topological polar surface area (TPSA) is 71.9 Å². The predicted molar refractivity (Wildman–Crippen MR) is 131 cm³/mol. The van der Waals surface area contributed by atoms with Crippen molar-refractivity contribution in [3.63, 3.8) is 0 Å². The first-order valence-electron chi connectivity index (χ1n) is 11.0. The Morgan fingerprint density at radius 1 is 1.09 bits per heavy atom. The lowest BCUT2D eigenvalue weighted by molar-refractivity contribution is -0.144. The molecule has 6 nitrogen and oxygen atoms in total. The van der Waals surface area contributed by atoms with Crippen molar-refractivity contribution >= 4 is 32.7 Å². The maximum absolute atomic E-state index is 13.1. The van der Waals surface area contributed by atoms with E-state index in [0.717, 1.165) is 27.3 Å². The van der Waals surface area contributed by atoms with Gasteiger partial charge in [0.05, 0.1) is 16.8 Å². The van der Waals surface area contributed by atoms with Crippen molar-refractivity contribution in [2.45, 2.75) is 26.0 Å². The molecule has 0 radical (unpaired) electrons. The number of thiazole rings is 1. The Morgan fingerprint density at radius 2 is 1.88 bits per heavy atom. The van der Waals surface area contributed by atoms with E-state index in [4.69, 9.17) is 19.6 Å². The molecule has 0 amide bonds. The summed E-state index contributed by atoms with van der Waals surface area (Å²) in [6, 6.07) is 21.4. The van der Waals surface area contributed by atoms with Gasteiger partial charge in [-0.15, -0.1) is 0 Å². The number of hydrogen-bond donors (Lipinski definition) is 1. The Hall–Kier alpha value is -3.65. The first-order valence-corrected chi connectivity index (χ1v) is 11.8. The lowest BCUT2D eigenvalue weighted by Gasteiger charge is -2.22. The number of fused-ring (bicyclic) bond motifs is 1. The van der Waals surface area contributed by atoms with E-state index < -0.39 is 12.1 Å². The van der Waals surface area contributed by atoms with Gasteiger partial charge < -0.3 is 19.5 Å². The summed E-state index contributed by atoms with van der Waals surface area (Å²) in [5.74, 6) is -0.164. The van der Waals surface area contributed by atoms with Crippen LogP contribution in [0.15, 0.2) is 72.8 Å². The van der Waals surface area contributed by atoms with E-state index in [2.05, 4.69) is 4.90 Å². The number of benzene rings is 3. The number of carboxylic acid groups (broad SMARTS) is 1. The summed E-state index contributed by atoms with van der Waals surface area (Å²) in [5, 5.41) is 10.0. The molecule has 4 rings (SSSR count). The van der Waals surface area contributed by atoms with Crippen LogP contribution in [0.1, 0.15) is 18.9 Å². The van der Waals surface area contributed by atoms with E-state index in [1.165, 1.54) is 19.1 Å². The molecule has 0 saturated heterocycles. The van der Waals surface area contributed by atoms with Crippen LogP contribution >= 0.6 is 11.3 Å². The molecule has 176 valence electrons. The SMILES string of the molecule is CC(Oc1cccc(CN(CCCOc2ccc(F)cc2)c2nc3ccccc3s2)c1)C(=O)O. The second kappa shape index (κ2) is 11.0. The summed E-state index contributed by atoms with van der Waals surface area (Å²) in [5.41, 5.74) is 1.93. The number of ether oxygens (including phenoxy) is 2. The first-order chi connectivity index (χ1) is 16.5. The van der Waals surface area contributed by atoms with Crippen LogP contribution in [0.2, 0.25) is 0 Å². The number of rotatable bonds is 11. The minimum atomic E-state index is -1.01. The zero-order chi connectivity index (χ0) is 23.9. The van der Waals surface area contributed by atoms with Crippen molar-refractivity contribution in [1.82, 2.24) is 4.98 Å². The first kappa shape index (κ1) is 23.5. The molecule has 8 heteroatoms. The lowest BCUT2D eigenvalue weighted by atomic mass is 10.2. The number of hydrogen-bond acceptors (Lipinski definition) is 6. The Kier molecular flexibility index (Phi) is 7.59. The van der Waals surface area contributed by atoms with Crippen LogP contribution < -0.4 is 14.4 Å². The van der Waals surface area contributed by atoms with Crippen LogP contribution in [0.4, 0.5) is 9.52 Å². The molecule has 34 heavy (non-hydrogen) atoms. The van der Waals surface area contributed by atoms with Crippen molar-refractivity contribution in [2.75, 3.05) is 18.1 Å². The van der Waals surface area contributed by atoms with Crippen molar-refractivity contribution in [3.8, 4) is 11.5 Å². The van der Waals surface area contributed by atoms with Crippen molar-refractivity contribution < 1.29 is 23.8 Å². The van der Waals surface area contributed by atoms with Crippen LogP contribution in [0.5, 0.6) is 11.5 Å². The summed E-state index contributed by atoms with van der Waals surface area (Å²) >= 11 is 1.62. The van der Waals surface area contributed by atoms with Crippen molar-refractivity contribution in [3.05, 3.63) is 84.2 Å². The molecular weight excluding hydrogens is 455 g/mol. The summed E-state index contributed by atoms with van der Waals surface area (Å²) in [7, 11) is 0. The van der Waals surface area contributed by atoms with E-state index in [1.54, 1.807) is 29.5 Å². The lowest BCUT2D eigenvalue weighted by Crippen LogP contribution is -2.25. The highest BCUT2D eigenvalue weighted by Crippen LogP contribution is 2.30. The zero-order valence-corrected chi connectivity index (χ0v) is 19.5. The van der Waals surface area contributed by atoms with Gasteiger partial charge in [0.2, 0.25) is 0 Å². The molecule has 0 bridgehead atoms. The Bertz CT molecular complexity index is 1210. The summed E-state index contributed by atoms with van der Waals surface area (Å²) in [6.07, 6.45) is -0.196. The summed E-state index contributed by atoms with van der Waals surface area (Å²) < 4.78 is 25.5. The van der Waals surface area contributed by atoms with Crippen LogP contribution in [-0.2, 0) is 11.3 Å². The average molecular weight is 481 g/mol. The normalized spacial score (nSPS) is 11.8. The van der Waals surface area contributed by atoms with Gasteiger partial charge >= 0.3 is 5.97 Å². The largest absolute Gasteiger partial charge is 0.494 e. The highest BCUT2D eigenvalue weighted by atomic mass is 32.1. The van der Waals surface area contributed by atoms with Gasteiger partial charge in [0, 0.05) is 13.1 Å². The fourth-order valence-corrected chi connectivity index (χ4v) is 4.40. The molecule has 1 N–H and O–H groups in total. The van der Waals surface area contributed by atoms with Gasteiger partial charge in [-0.3, -0.25) is 0 Å². The predicted octanol–water partition coefficient (Wildman–Crippen LogP) is 5.76. The Morgan fingerprint density at radius 3 is 2.65 bits per heavy atom. The fraction of sp³-hybridized carbons (Fsp3) is 0.231. The maximum Gasteiger partial charge on any atom is 0.344 e. The third-order valence-corrected chi connectivity index (χ3v) is 6.24. The number of aliphatic carboxylic acids is 1. The molecule has 4 aromatic rings. The maximum atomic E-state index is 13.1. The molecule has 1 unspecified atom stereocenters. The fourth-order valence-electron chi connectivity index (χ4n) is 3.41. The van der Waals surface area contributed by atoms with Gasteiger partial charge in [0.1, 0.15) is 17.3 Å². The molecule has 1 aromatic heterocycles. The molecular formula is C26H25FN2O4S. The van der Waals surface area contributed by atoms with Crippen LogP contribution in [0.3, 0.4) is 0 Å². The molecule has 1 heterocycles. The summed E-state index contributed by atoms with van der Waals surface area (Å²) in [6.45, 7) is 3.25. The van der Waals surface area contributed by atoms with Crippen LogP contribution in [0.25, 0.3) is 10.2 Å². The third-order valence-electron chi connectivity index (χ3n) is 5.14. The van der Waals surface area contributed by atoms with Gasteiger partial charge in [-0.1, -0.05) is 35.6 Å². The summed E-state index contributed by atoms with van der Waals surface area (Å²) in [4.78, 5) is 18.1. The number of halogens is 1. The molecule has 0 saturated carbocycles. The molecule has 1 atom stereocenters. The van der Waals surface area contributed by atoms with Crippen LogP contribution in [0, 0.1) is 5.82 Å². The Labute approximate surface area is 201 Å². The van der Waals surface area contributed by atoms with E-state index >= 15 is 0 Å². The van der Waals surface area contributed by atoms with E-state index in [-0.39, 0.29) is 5.82 Å². The smallest absolute Gasteiger partial charge is 0.344 e. The molecule has 0 fully saturated rings. The van der Waals surface area contributed by atoms with E-state index in [1.807, 2.05) is 42.5 Å². The minimum Gasteiger partial charge on any atom is -0.494 e. The second-order valence-corrected chi connectivity index (χ2v) is 8.80. The number of carbonyl (C=O) groups is 1. The van der Waals surface area contributed by atoms with Gasteiger partial charge in [0.25, 0.3) is 0 Å². The number of nitrogens with zero attached hydrogens (tertiary/aromatic N) is 2. The molecule has 0 aliphatic heterocycles. The van der Waals surface area contributed by atoms with Gasteiger partial charge in [0.15, 0.2) is 11.2 Å². The van der Waals surface area contributed by atoms with Gasteiger partial charge in [-0.2, -0.15) is 0 Å². The van der Waals surface area contributed by atoms with E-state index in [0.29, 0.717) is 31.2 Å². The van der Waals surface area contributed by atoms with Gasteiger partial charge in [-0.05, 0) is 67.4 Å². The number of aromatic nitrogens is 1. The zero-order valence-electron chi connectivity index (χ0n) is 18.7. The number of carboxylic acids is 1. The van der Waals surface area contributed by atoms with Crippen molar-refractivity contribution in [1.29, 1.82) is 0 Å². The third kappa shape index (κ3) is 6.23. The minimum absolute atomic E-state index is 0.293. The Balaban J connectivity index is 1.47. The van der Waals surface area contributed by atoms with Crippen molar-refractivity contribution in [2.24, 2.45) is 0 Å². The highest BCUT2D eigenvalue weighted by molar-refractivity contribution is 7.22. The molecule has 0 aliphatic rings. The van der Waals surface area contributed by atoms with Gasteiger partial charge in [-0.25, -0.2) is 14.2 Å². The standard InChI is InChI=1S/C26H25FN2O4S/c1-18(25(30)31)33-22-7-4-6-19(16-22)17-29(26-28-23-8-2-3-9-24(23)34-26)14-5-15-32-21-12-10-20(27)11-13-21/h2-4,6-13,16,18H,5,14-15,17H2,1H3,(H,30,31). The quantitative estimate of drug-likeness (QED) is 0.275. The van der Waals surface area contributed by atoms with E-state index in [9.17, 15) is 9.18 Å².